The predicted octanol–water partition coefficient (Wildman–Crippen LogP) is 4.00. The molecule has 0 heterocycles. The van der Waals surface area contributed by atoms with Crippen molar-refractivity contribution in [3.63, 3.8) is 0 Å². The van der Waals surface area contributed by atoms with Crippen LogP contribution < -0.4 is 0 Å². The average molecular weight is 236 g/mol. The first kappa shape index (κ1) is 12.0. The van der Waals surface area contributed by atoms with Gasteiger partial charge in [0.25, 0.3) is 0 Å². The van der Waals surface area contributed by atoms with Gasteiger partial charge in [-0.2, -0.15) is 0 Å². The minimum atomic E-state index is -0.312. The monoisotopic (exact) mass is 236 g/mol. The fraction of sp³-hybridized carbons (Fsp3) is 1.00. The third-order valence-electron chi connectivity index (χ3n) is 6.57. The molecule has 4 aliphatic carbocycles. The summed E-state index contributed by atoms with van der Waals surface area (Å²) in [6.07, 6.45) is 7.43. The molecule has 0 radical (unpaired) electrons. The summed E-state index contributed by atoms with van der Waals surface area (Å²) in [5.74, 6) is 2.27. The molecule has 1 heteroatoms. The van der Waals surface area contributed by atoms with Crippen LogP contribution in [-0.2, 0) is 0 Å². The molecule has 0 aromatic heterocycles. The fourth-order valence-electron chi connectivity index (χ4n) is 5.82. The van der Waals surface area contributed by atoms with Gasteiger partial charge in [-0.25, -0.2) is 0 Å². The van der Waals surface area contributed by atoms with Crippen LogP contribution in [0.3, 0.4) is 0 Å². The third-order valence-corrected chi connectivity index (χ3v) is 6.57. The summed E-state index contributed by atoms with van der Waals surface area (Å²) < 4.78 is 0. The van der Waals surface area contributed by atoms with Crippen LogP contribution in [0.5, 0.6) is 0 Å². The largest absolute Gasteiger partial charge is 0.390 e. The standard InChI is InChI=1S/C16H28O/c1-11(2)14-5-13-6-15(8-14,12(3)4)10-16(17,7-13)9-14/h11-13,17H,5-10H2,1-4H3/t13?,14-,15+,16?. The maximum absolute atomic E-state index is 10.9. The van der Waals surface area contributed by atoms with Gasteiger partial charge in [-0.3, -0.25) is 0 Å². The Morgan fingerprint density at radius 3 is 1.65 bits per heavy atom. The summed E-state index contributed by atoms with van der Waals surface area (Å²) >= 11 is 0. The van der Waals surface area contributed by atoms with Crippen LogP contribution in [0.2, 0.25) is 0 Å². The van der Waals surface area contributed by atoms with Gasteiger partial charge in [0.1, 0.15) is 0 Å². The van der Waals surface area contributed by atoms with Gasteiger partial charge in [0.05, 0.1) is 5.60 Å². The van der Waals surface area contributed by atoms with E-state index in [1.807, 2.05) is 0 Å². The van der Waals surface area contributed by atoms with Gasteiger partial charge in [-0.15, -0.1) is 0 Å². The third kappa shape index (κ3) is 1.54. The second kappa shape index (κ2) is 3.29. The average Bonchev–Trinajstić information content (AvgIpc) is 2.12. The van der Waals surface area contributed by atoms with Crippen LogP contribution in [0.4, 0.5) is 0 Å². The van der Waals surface area contributed by atoms with Crippen molar-refractivity contribution in [3.05, 3.63) is 0 Å². The van der Waals surface area contributed by atoms with E-state index >= 15 is 0 Å². The zero-order chi connectivity index (χ0) is 12.5. The lowest BCUT2D eigenvalue weighted by Gasteiger charge is -2.67. The Morgan fingerprint density at radius 2 is 1.29 bits per heavy atom. The highest BCUT2D eigenvalue weighted by Crippen LogP contribution is 2.70. The number of hydrogen-bond donors (Lipinski definition) is 1. The molecule has 4 rings (SSSR count). The van der Waals surface area contributed by atoms with Crippen LogP contribution in [0, 0.1) is 28.6 Å². The van der Waals surface area contributed by atoms with E-state index in [1.165, 1.54) is 19.3 Å². The zero-order valence-electron chi connectivity index (χ0n) is 11.9. The Kier molecular flexibility index (Phi) is 2.32. The fourth-order valence-corrected chi connectivity index (χ4v) is 5.82. The summed E-state index contributed by atoms with van der Waals surface area (Å²) in [5, 5.41) is 10.9. The Hall–Kier alpha value is -0.0400. The number of hydrogen-bond acceptors (Lipinski definition) is 1. The molecule has 0 saturated heterocycles. The van der Waals surface area contributed by atoms with E-state index in [0.29, 0.717) is 10.8 Å². The minimum absolute atomic E-state index is 0.312. The SMILES string of the molecule is CC(C)[C@@]12CC3CC(O)(C1)C[C@](C(C)C)(C3)C2. The molecule has 17 heavy (non-hydrogen) atoms. The van der Waals surface area contributed by atoms with E-state index in [0.717, 1.165) is 37.0 Å². The molecule has 4 bridgehead atoms. The molecule has 0 spiro atoms. The molecule has 4 atom stereocenters. The Labute approximate surface area is 106 Å². The van der Waals surface area contributed by atoms with Crippen molar-refractivity contribution < 1.29 is 5.11 Å². The first-order chi connectivity index (χ1) is 7.79. The van der Waals surface area contributed by atoms with E-state index < -0.39 is 0 Å². The van der Waals surface area contributed by atoms with E-state index in [2.05, 4.69) is 27.7 Å². The van der Waals surface area contributed by atoms with Crippen LogP contribution in [-0.4, -0.2) is 10.7 Å². The molecule has 1 nitrogen and oxygen atoms in total. The van der Waals surface area contributed by atoms with Gasteiger partial charge < -0.3 is 5.11 Å². The number of rotatable bonds is 2. The molecular formula is C16H28O. The summed E-state index contributed by atoms with van der Waals surface area (Å²) in [4.78, 5) is 0. The van der Waals surface area contributed by atoms with Crippen LogP contribution in [0.25, 0.3) is 0 Å². The van der Waals surface area contributed by atoms with Crippen LogP contribution >= 0.6 is 0 Å². The summed E-state index contributed by atoms with van der Waals surface area (Å²) in [6, 6.07) is 0. The van der Waals surface area contributed by atoms with Crippen molar-refractivity contribution in [1.29, 1.82) is 0 Å². The second-order valence-electron chi connectivity index (χ2n) is 8.27. The minimum Gasteiger partial charge on any atom is -0.390 e. The van der Waals surface area contributed by atoms with Crippen molar-refractivity contribution in [2.75, 3.05) is 0 Å². The lowest BCUT2D eigenvalue weighted by Crippen LogP contribution is -2.62. The molecule has 98 valence electrons. The van der Waals surface area contributed by atoms with E-state index in [1.54, 1.807) is 0 Å². The Bertz CT molecular complexity index is 306. The molecule has 0 aromatic rings. The summed E-state index contributed by atoms with van der Waals surface area (Å²) in [5.41, 5.74) is 0.602. The van der Waals surface area contributed by atoms with Crippen molar-refractivity contribution in [2.24, 2.45) is 28.6 Å². The van der Waals surface area contributed by atoms with Gasteiger partial charge in [-0.05, 0) is 67.1 Å². The zero-order valence-corrected chi connectivity index (χ0v) is 11.9. The van der Waals surface area contributed by atoms with Gasteiger partial charge >= 0.3 is 0 Å². The van der Waals surface area contributed by atoms with Crippen molar-refractivity contribution in [3.8, 4) is 0 Å². The van der Waals surface area contributed by atoms with Crippen molar-refractivity contribution >= 4 is 0 Å². The molecule has 1 N–H and O–H groups in total. The normalized spacial score (nSPS) is 52.8. The topological polar surface area (TPSA) is 20.2 Å². The summed E-state index contributed by atoms with van der Waals surface area (Å²) in [6.45, 7) is 9.52. The van der Waals surface area contributed by atoms with Gasteiger partial charge in [-0.1, -0.05) is 27.7 Å². The Balaban J connectivity index is 2.03. The highest BCUT2D eigenvalue weighted by molar-refractivity contribution is 5.14. The molecule has 0 aliphatic heterocycles. The lowest BCUT2D eigenvalue weighted by molar-refractivity contribution is -0.224. The molecule has 0 aromatic carbocycles. The maximum Gasteiger partial charge on any atom is 0.0661 e. The first-order valence-electron chi connectivity index (χ1n) is 7.52. The molecule has 4 saturated carbocycles. The molecule has 0 amide bonds. The van der Waals surface area contributed by atoms with Crippen LogP contribution in [0.15, 0.2) is 0 Å². The van der Waals surface area contributed by atoms with E-state index in [-0.39, 0.29) is 5.60 Å². The maximum atomic E-state index is 10.9. The Morgan fingerprint density at radius 1 is 0.824 bits per heavy atom. The van der Waals surface area contributed by atoms with E-state index in [9.17, 15) is 5.11 Å². The lowest BCUT2D eigenvalue weighted by atomic mass is 9.39. The predicted molar refractivity (Wildman–Crippen MR) is 70.7 cm³/mol. The van der Waals surface area contributed by atoms with Gasteiger partial charge in [0.15, 0.2) is 0 Å². The highest BCUT2D eigenvalue weighted by atomic mass is 16.3. The second-order valence-corrected chi connectivity index (χ2v) is 8.27. The van der Waals surface area contributed by atoms with Crippen molar-refractivity contribution in [2.45, 2.75) is 71.8 Å². The van der Waals surface area contributed by atoms with Crippen LogP contribution in [0.1, 0.15) is 66.2 Å². The first-order valence-corrected chi connectivity index (χ1v) is 7.52. The summed E-state index contributed by atoms with van der Waals surface area (Å²) in [7, 11) is 0. The molecule has 4 aliphatic rings. The molecule has 2 unspecified atom stereocenters. The highest BCUT2D eigenvalue weighted by Gasteiger charge is 2.64. The quantitative estimate of drug-likeness (QED) is 0.768. The smallest absolute Gasteiger partial charge is 0.0661 e. The van der Waals surface area contributed by atoms with Crippen molar-refractivity contribution in [1.82, 2.24) is 0 Å². The molecular weight excluding hydrogens is 208 g/mol. The van der Waals surface area contributed by atoms with E-state index in [4.69, 9.17) is 0 Å². The van der Waals surface area contributed by atoms with Gasteiger partial charge in [0.2, 0.25) is 0 Å². The van der Waals surface area contributed by atoms with Gasteiger partial charge in [0, 0.05) is 0 Å². The number of aliphatic hydroxyl groups is 1. The molecule has 4 fully saturated rings.